The molecule has 0 spiro atoms. The third-order valence-electron chi connectivity index (χ3n) is 3.73. The molecular weight excluding hydrogens is 342 g/mol. The molecule has 8 heteroatoms. The standard InChI is InChI=1S/C19H17N7O/c1-12-7-13(2)9-15(8-12)22-19(27)16-5-3-4-6-17(16)21-11-14(10-20)18-23-25-26-24-18/h3-9,11,21H,1-2H3,(H,22,27)(H,23,24,25,26). The minimum absolute atomic E-state index is 0.169. The lowest BCUT2D eigenvalue weighted by atomic mass is 10.1. The molecule has 0 aliphatic rings. The summed E-state index contributed by atoms with van der Waals surface area (Å²) in [6.45, 7) is 3.95. The number of aryl methyl sites for hydroxylation is 2. The van der Waals surface area contributed by atoms with E-state index in [-0.39, 0.29) is 17.3 Å². The van der Waals surface area contributed by atoms with E-state index in [2.05, 4.69) is 31.3 Å². The lowest BCUT2D eigenvalue weighted by Gasteiger charge is -2.11. The largest absolute Gasteiger partial charge is 0.360 e. The fourth-order valence-electron chi connectivity index (χ4n) is 2.62. The zero-order valence-electron chi connectivity index (χ0n) is 14.8. The van der Waals surface area contributed by atoms with Gasteiger partial charge in [0.2, 0.25) is 5.82 Å². The Hall–Kier alpha value is -3.99. The Labute approximate surface area is 155 Å². The summed E-state index contributed by atoms with van der Waals surface area (Å²) in [4.78, 5) is 12.7. The van der Waals surface area contributed by atoms with Crippen LogP contribution < -0.4 is 10.6 Å². The van der Waals surface area contributed by atoms with Gasteiger partial charge in [-0.05, 0) is 54.5 Å². The number of anilines is 2. The Morgan fingerprint density at radius 3 is 2.59 bits per heavy atom. The number of carbonyl (C=O) groups excluding carboxylic acids is 1. The van der Waals surface area contributed by atoms with Gasteiger partial charge in [-0.1, -0.05) is 18.2 Å². The van der Waals surface area contributed by atoms with Crippen LogP contribution in [0.2, 0.25) is 0 Å². The molecule has 0 bridgehead atoms. The molecule has 27 heavy (non-hydrogen) atoms. The second-order valence-electron chi connectivity index (χ2n) is 5.93. The smallest absolute Gasteiger partial charge is 0.257 e. The Kier molecular flexibility index (Phi) is 5.23. The summed E-state index contributed by atoms with van der Waals surface area (Å²) in [5.74, 6) is -0.0864. The van der Waals surface area contributed by atoms with Gasteiger partial charge in [0.1, 0.15) is 11.6 Å². The number of rotatable bonds is 5. The zero-order chi connectivity index (χ0) is 19.2. The van der Waals surface area contributed by atoms with E-state index < -0.39 is 0 Å². The number of tetrazole rings is 1. The van der Waals surface area contributed by atoms with E-state index in [0.717, 1.165) is 16.8 Å². The summed E-state index contributed by atoms with van der Waals surface area (Å²) >= 11 is 0. The maximum atomic E-state index is 12.7. The number of H-pyrrole nitrogens is 1. The van der Waals surface area contributed by atoms with Crippen molar-refractivity contribution in [3.63, 3.8) is 0 Å². The summed E-state index contributed by atoms with van der Waals surface area (Å²) in [6, 6.07) is 14.9. The highest BCUT2D eigenvalue weighted by Gasteiger charge is 2.12. The van der Waals surface area contributed by atoms with Crippen molar-refractivity contribution in [1.82, 2.24) is 20.6 Å². The first-order valence-corrected chi connectivity index (χ1v) is 8.16. The van der Waals surface area contributed by atoms with Crippen LogP contribution in [0.25, 0.3) is 5.57 Å². The molecule has 0 aliphatic heterocycles. The van der Waals surface area contributed by atoms with Gasteiger partial charge in [0.15, 0.2) is 0 Å². The van der Waals surface area contributed by atoms with Gasteiger partial charge < -0.3 is 10.6 Å². The van der Waals surface area contributed by atoms with Crippen LogP contribution in [0.3, 0.4) is 0 Å². The number of hydrogen-bond donors (Lipinski definition) is 3. The van der Waals surface area contributed by atoms with E-state index in [1.165, 1.54) is 6.20 Å². The number of carbonyl (C=O) groups is 1. The Bertz CT molecular complexity index is 1010. The average Bonchev–Trinajstić information content (AvgIpc) is 3.16. The number of nitrogens with one attached hydrogen (secondary N) is 3. The lowest BCUT2D eigenvalue weighted by Crippen LogP contribution is -2.14. The first kappa shape index (κ1) is 17.8. The summed E-state index contributed by atoms with van der Waals surface area (Å²) in [7, 11) is 0. The summed E-state index contributed by atoms with van der Waals surface area (Å²) in [5.41, 5.74) is 4.05. The van der Waals surface area contributed by atoms with Crippen molar-refractivity contribution in [2.75, 3.05) is 10.6 Å². The monoisotopic (exact) mass is 359 g/mol. The quantitative estimate of drug-likeness (QED) is 0.602. The first-order chi connectivity index (χ1) is 13.1. The molecule has 0 unspecified atom stereocenters. The molecule has 2 aromatic carbocycles. The molecule has 0 aliphatic carbocycles. The predicted octanol–water partition coefficient (Wildman–Crippen LogP) is 3.05. The molecule has 3 rings (SSSR count). The topological polar surface area (TPSA) is 119 Å². The average molecular weight is 359 g/mol. The zero-order valence-corrected chi connectivity index (χ0v) is 14.8. The first-order valence-electron chi connectivity index (χ1n) is 8.16. The van der Waals surface area contributed by atoms with Crippen molar-refractivity contribution < 1.29 is 4.79 Å². The van der Waals surface area contributed by atoms with Crippen LogP contribution in [0.5, 0.6) is 0 Å². The highest BCUT2D eigenvalue weighted by Crippen LogP contribution is 2.20. The van der Waals surface area contributed by atoms with Crippen LogP contribution in [-0.2, 0) is 0 Å². The lowest BCUT2D eigenvalue weighted by molar-refractivity contribution is 0.102. The van der Waals surface area contributed by atoms with E-state index >= 15 is 0 Å². The van der Waals surface area contributed by atoms with E-state index in [9.17, 15) is 10.1 Å². The molecule has 1 aromatic heterocycles. The minimum Gasteiger partial charge on any atom is -0.360 e. The summed E-state index contributed by atoms with van der Waals surface area (Å²) in [5, 5.41) is 28.4. The van der Waals surface area contributed by atoms with Crippen molar-refractivity contribution in [2.24, 2.45) is 0 Å². The Morgan fingerprint density at radius 1 is 1.19 bits per heavy atom. The van der Waals surface area contributed by atoms with Gasteiger partial charge in [-0.3, -0.25) is 4.79 Å². The Morgan fingerprint density at radius 2 is 1.93 bits per heavy atom. The fourth-order valence-corrected chi connectivity index (χ4v) is 2.62. The maximum Gasteiger partial charge on any atom is 0.257 e. The second kappa shape index (κ2) is 7.93. The van der Waals surface area contributed by atoms with Crippen LogP contribution in [0.15, 0.2) is 48.7 Å². The number of allylic oxidation sites excluding steroid dienone is 1. The van der Waals surface area contributed by atoms with Gasteiger partial charge in [0, 0.05) is 11.9 Å². The molecule has 0 saturated carbocycles. The molecule has 1 amide bonds. The van der Waals surface area contributed by atoms with Gasteiger partial charge in [0.05, 0.1) is 11.3 Å². The molecule has 0 atom stereocenters. The van der Waals surface area contributed by atoms with Gasteiger partial charge in [0.25, 0.3) is 5.91 Å². The fraction of sp³-hybridized carbons (Fsp3) is 0.105. The predicted molar refractivity (Wildman–Crippen MR) is 102 cm³/mol. The van der Waals surface area contributed by atoms with Gasteiger partial charge in [-0.2, -0.15) is 10.5 Å². The molecule has 134 valence electrons. The third kappa shape index (κ3) is 4.35. The van der Waals surface area contributed by atoms with Crippen molar-refractivity contribution in [2.45, 2.75) is 13.8 Å². The number of amides is 1. The van der Waals surface area contributed by atoms with Crippen LogP contribution in [0, 0.1) is 25.2 Å². The number of para-hydroxylation sites is 1. The van der Waals surface area contributed by atoms with Crippen molar-refractivity contribution in [3.8, 4) is 6.07 Å². The molecule has 3 N–H and O–H groups in total. The van der Waals surface area contributed by atoms with E-state index in [0.29, 0.717) is 11.3 Å². The molecule has 8 nitrogen and oxygen atoms in total. The van der Waals surface area contributed by atoms with Gasteiger partial charge >= 0.3 is 0 Å². The maximum absolute atomic E-state index is 12.7. The number of hydrogen-bond acceptors (Lipinski definition) is 6. The van der Waals surface area contributed by atoms with E-state index in [1.54, 1.807) is 24.3 Å². The molecule has 0 saturated heterocycles. The molecule has 3 aromatic rings. The molecule has 0 radical (unpaired) electrons. The van der Waals surface area contributed by atoms with Crippen LogP contribution in [0.1, 0.15) is 27.3 Å². The summed E-state index contributed by atoms with van der Waals surface area (Å²) in [6.07, 6.45) is 1.44. The number of nitrogens with zero attached hydrogens (tertiary/aromatic N) is 4. The van der Waals surface area contributed by atoms with Crippen molar-refractivity contribution >= 4 is 22.9 Å². The summed E-state index contributed by atoms with van der Waals surface area (Å²) < 4.78 is 0. The van der Waals surface area contributed by atoms with Crippen LogP contribution in [0.4, 0.5) is 11.4 Å². The molecular formula is C19H17N7O. The second-order valence-corrected chi connectivity index (χ2v) is 5.93. The van der Waals surface area contributed by atoms with Crippen LogP contribution in [-0.4, -0.2) is 26.5 Å². The number of benzene rings is 2. The number of aromatic nitrogens is 4. The van der Waals surface area contributed by atoms with E-state index in [1.807, 2.05) is 38.1 Å². The van der Waals surface area contributed by atoms with E-state index in [4.69, 9.17) is 0 Å². The van der Waals surface area contributed by atoms with Crippen LogP contribution >= 0.6 is 0 Å². The van der Waals surface area contributed by atoms with Gasteiger partial charge in [-0.25, -0.2) is 0 Å². The van der Waals surface area contributed by atoms with Crippen molar-refractivity contribution in [1.29, 1.82) is 5.26 Å². The third-order valence-corrected chi connectivity index (χ3v) is 3.73. The molecule has 1 heterocycles. The highest BCUT2D eigenvalue weighted by molar-refractivity contribution is 6.08. The SMILES string of the molecule is Cc1cc(C)cc(NC(=O)c2ccccc2NC=C(C#N)c2nn[nH]n2)c1. The number of aromatic amines is 1. The van der Waals surface area contributed by atoms with Crippen molar-refractivity contribution in [3.05, 3.63) is 71.2 Å². The Balaban J connectivity index is 1.83. The highest BCUT2D eigenvalue weighted by atomic mass is 16.1. The molecule has 0 fully saturated rings. The number of nitriles is 1. The van der Waals surface area contributed by atoms with Gasteiger partial charge in [-0.15, -0.1) is 10.2 Å². The minimum atomic E-state index is -0.255. The normalized spacial score (nSPS) is 10.9.